The zero-order chi connectivity index (χ0) is 15.2. The molecular weight excluding hydrogens is 274 g/mol. The van der Waals surface area contributed by atoms with Crippen LogP contribution in [0, 0.1) is 10.1 Å². The molecule has 2 N–H and O–H groups in total. The molecule has 0 fully saturated rings. The smallest absolute Gasteiger partial charge is 0.269 e. The summed E-state index contributed by atoms with van der Waals surface area (Å²) in [6, 6.07) is 8.90. The van der Waals surface area contributed by atoms with E-state index in [0.29, 0.717) is 18.5 Å². The highest BCUT2D eigenvalue weighted by Crippen LogP contribution is 2.11. The minimum absolute atomic E-state index is 0.0380. The van der Waals surface area contributed by atoms with Gasteiger partial charge in [0.05, 0.1) is 10.5 Å². The number of benzene rings is 1. The van der Waals surface area contributed by atoms with E-state index in [9.17, 15) is 19.7 Å². The number of hydrogen-bond donors (Lipinski definition) is 2. The van der Waals surface area contributed by atoms with Gasteiger partial charge in [-0.25, -0.2) is 0 Å². The maximum Gasteiger partial charge on any atom is 0.269 e. The van der Waals surface area contributed by atoms with Crippen LogP contribution in [0.15, 0.2) is 47.4 Å². The normalized spacial score (nSPS) is 10.1. The number of amides is 1. The molecule has 0 unspecified atom stereocenters. The van der Waals surface area contributed by atoms with Crippen LogP contribution in [0.25, 0.3) is 0 Å². The first-order valence-electron chi connectivity index (χ1n) is 6.26. The van der Waals surface area contributed by atoms with E-state index in [-0.39, 0.29) is 17.2 Å². The number of pyridine rings is 1. The Morgan fingerprint density at radius 2 is 1.90 bits per heavy atom. The largest absolute Gasteiger partial charge is 0.352 e. The summed E-state index contributed by atoms with van der Waals surface area (Å²) in [5.41, 5.74) is 1.04. The summed E-state index contributed by atoms with van der Waals surface area (Å²) in [5.74, 6) is -0.284. The first kappa shape index (κ1) is 14.4. The Labute approximate surface area is 119 Å². The first-order valence-corrected chi connectivity index (χ1v) is 6.26. The lowest BCUT2D eigenvalue weighted by Gasteiger charge is -2.05. The van der Waals surface area contributed by atoms with Crippen LogP contribution in [0.2, 0.25) is 0 Å². The minimum Gasteiger partial charge on any atom is -0.352 e. The molecule has 108 valence electrons. The van der Waals surface area contributed by atoms with Gasteiger partial charge >= 0.3 is 0 Å². The Kier molecular flexibility index (Phi) is 4.45. The molecule has 21 heavy (non-hydrogen) atoms. The molecule has 0 radical (unpaired) electrons. The van der Waals surface area contributed by atoms with Crippen LogP contribution in [-0.2, 0) is 6.42 Å². The molecule has 0 bridgehead atoms. The molecule has 1 amide bonds. The summed E-state index contributed by atoms with van der Waals surface area (Å²) in [6.07, 6.45) is 1.91. The fourth-order valence-corrected chi connectivity index (χ4v) is 1.76. The van der Waals surface area contributed by atoms with Gasteiger partial charge in [-0.2, -0.15) is 0 Å². The predicted octanol–water partition coefficient (Wildman–Crippen LogP) is 1.26. The highest BCUT2D eigenvalue weighted by Gasteiger charge is 2.06. The van der Waals surface area contributed by atoms with Gasteiger partial charge < -0.3 is 10.3 Å². The van der Waals surface area contributed by atoms with E-state index in [1.165, 1.54) is 30.5 Å². The third-order valence-electron chi connectivity index (χ3n) is 2.89. The van der Waals surface area contributed by atoms with Gasteiger partial charge in [-0.15, -0.1) is 0 Å². The van der Waals surface area contributed by atoms with Crippen molar-refractivity contribution in [3.63, 3.8) is 0 Å². The molecule has 7 heteroatoms. The molecule has 0 atom stereocenters. The Hall–Kier alpha value is -2.96. The van der Waals surface area contributed by atoms with Crippen molar-refractivity contribution in [2.75, 3.05) is 6.54 Å². The second-order valence-electron chi connectivity index (χ2n) is 4.37. The van der Waals surface area contributed by atoms with Gasteiger partial charge in [-0.3, -0.25) is 19.7 Å². The number of hydrogen-bond acceptors (Lipinski definition) is 4. The topological polar surface area (TPSA) is 105 Å². The van der Waals surface area contributed by atoms with Gasteiger partial charge in [0.25, 0.3) is 11.6 Å². The zero-order valence-electron chi connectivity index (χ0n) is 11.0. The molecule has 1 aromatic heterocycles. The number of non-ortho nitro benzene ring substituents is 1. The number of H-pyrrole nitrogens is 1. The van der Waals surface area contributed by atoms with Gasteiger partial charge in [-0.05, 0) is 18.1 Å². The van der Waals surface area contributed by atoms with Crippen molar-refractivity contribution in [1.29, 1.82) is 0 Å². The fraction of sp³-hybridized carbons (Fsp3) is 0.143. The number of nitro benzene ring substituents is 1. The molecule has 0 saturated heterocycles. The number of nitro groups is 1. The molecule has 0 aliphatic rings. The number of aromatic amines is 1. The lowest BCUT2D eigenvalue weighted by Crippen LogP contribution is -2.26. The summed E-state index contributed by atoms with van der Waals surface area (Å²) in [5, 5.41) is 13.2. The second-order valence-corrected chi connectivity index (χ2v) is 4.37. The Bertz CT molecular complexity index is 686. The van der Waals surface area contributed by atoms with Gasteiger partial charge in [0.1, 0.15) is 0 Å². The van der Waals surface area contributed by atoms with Gasteiger partial charge in [0.15, 0.2) is 0 Å². The number of carbonyl (C=O) groups excluding carboxylic acids is 1. The van der Waals surface area contributed by atoms with E-state index >= 15 is 0 Å². The molecule has 0 spiro atoms. The minimum atomic E-state index is -0.457. The Balaban J connectivity index is 1.86. The maximum absolute atomic E-state index is 11.8. The average molecular weight is 287 g/mol. The number of aromatic nitrogens is 1. The van der Waals surface area contributed by atoms with Crippen molar-refractivity contribution in [3.8, 4) is 0 Å². The van der Waals surface area contributed by atoms with E-state index in [4.69, 9.17) is 0 Å². The van der Waals surface area contributed by atoms with Crippen LogP contribution in [0.1, 0.15) is 15.9 Å². The van der Waals surface area contributed by atoms with Gasteiger partial charge in [0.2, 0.25) is 5.56 Å². The van der Waals surface area contributed by atoms with Crippen molar-refractivity contribution in [1.82, 2.24) is 10.3 Å². The molecule has 0 saturated carbocycles. The molecule has 2 rings (SSSR count). The molecule has 1 heterocycles. The van der Waals surface area contributed by atoms with E-state index in [1.807, 2.05) is 0 Å². The van der Waals surface area contributed by atoms with Crippen LogP contribution in [-0.4, -0.2) is 22.4 Å². The molecule has 1 aromatic carbocycles. The lowest BCUT2D eigenvalue weighted by atomic mass is 10.1. The summed E-state index contributed by atoms with van der Waals surface area (Å²) < 4.78 is 0. The highest BCUT2D eigenvalue weighted by atomic mass is 16.6. The monoisotopic (exact) mass is 287 g/mol. The fourth-order valence-electron chi connectivity index (χ4n) is 1.76. The van der Waals surface area contributed by atoms with Crippen LogP contribution >= 0.6 is 0 Å². The van der Waals surface area contributed by atoms with E-state index in [2.05, 4.69) is 10.3 Å². The Morgan fingerprint density at radius 1 is 1.19 bits per heavy atom. The van der Waals surface area contributed by atoms with Crippen molar-refractivity contribution in [3.05, 3.63) is 74.2 Å². The van der Waals surface area contributed by atoms with Crippen molar-refractivity contribution >= 4 is 11.6 Å². The number of rotatable bonds is 5. The third-order valence-corrected chi connectivity index (χ3v) is 2.89. The van der Waals surface area contributed by atoms with Crippen molar-refractivity contribution in [2.45, 2.75) is 6.42 Å². The van der Waals surface area contributed by atoms with Crippen molar-refractivity contribution < 1.29 is 9.72 Å². The molecule has 0 aliphatic heterocycles. The number of carbonyl (C=O) groups is 1. The maximum atomic E-state index is 11.8. The Morgan fingerprint density at radius 3 is 2.48 bits per heavy atom. The molecular formula is C14H13N3O4. The molecule has 7 nitrogen and oxygen atoms in total. The first-order chi connectivity index (χ1) is 10.1. The molecule has 2 aromatic rings. The average Bonchev–Trinajstić information content (AvgIpc) is 2.48. The summed E-state index contributed by atoms with van der Waals surface area (Å²) >= 11 is 0. The standard InChI is InChI=1S/C14H13N3O4/c18-13-6-3-11(9-16-13)14(19)15-8-7-10-1-4-12(5-2-10)17(20)21/h1-6,9H,7-8H2,(H,15,19)(H,16,18). The van der Waals surface area contributed by atoms with E-state index in [0.717, 1.165) is 5.56 Å². The van der Waals surface area contributed by atoms with Crippen LogP contribution in [0.5, 0.6) is 0 Å². The highest BCUT2D eigenvalue weighted by molar-refractivity contribution is 5.93. The summed E-state index contributed by atoms with van der Waals surface area (Å²) in [7, 11) is 0. The van der Waals surface area contributed by atoms with Crippen LogP contribution in [0.4, 0.5) is 5.69 Å². The van der Waals surface area contributed by atoms with Crippen molar-refractivity contribution in [2.24, 2.45) is 0 Å². The predicted molar refractivity (Wildman–Crippen MR) is 76.2 cm³/mol. The molecule has 0 aliphatic carbocycles. The quantitative estimate of drug-likeness (QED) is 0.637. The number of nitrogens with one attached hydrogen (secondary N) is 2. The number of nitrogens with zero attached hydrogens (tertiary/aromatic N) is 1. The summed E-state index contributed by atoms with van der Waals surface area (Å²) in [6.45, 7) is 0.399. The van der Waals surface area contributed by atoms with Gasteiger partial charge in [-0.1, -0.05) is 12.1 Å². The van der Waals surface area contributed by atoms with E-state index < -0.39 is 4.92 Å². The SMILES string of the molecule is O=C(NCCc1ccc([N+](=O)[O-])cc1)c1ccc(=O)[nH]c1. The summed E-state index contributed by atoms with van der Waals surface area (Å²) in [4.78, 5) is 35.1. The van der Waals surface area contributed by atoms with Crippen LogP contribution < -0.4 is 10.9 Å². The van der Waals surface area contributed by atoms with E-state index in [1.54, 1.807) is 12.1 Å². The van der Waals surface area contributed by atoms with Crippen LogP contribution in [0.3, 0.4) is 0 Å². The lowest BCUT2D eigenvalue weighted by molar-refractivity contribution is -0.384. The second kappa shape index (κ2) is 6.47. The zero-order valence-corrected chi connectivity index (χ0v) is 11.0. The van der Waals surface area contributed by atoms with Gasteiger partial charge in [0, 0.05) is 30.9 Å². The third kappa shape index (κ3) is 4.00.